The molecule has 0 aromatic carbocycles. The molecular weight excluding hydrogens is 292 g/mol. The van der Waals surface area contributed by atoms with E-state index in [4.69, 9.17) is 12.2 Å². The second-order valence-electron chi connectivity index (χ2n) is 6.49. The summed E-state index contributed by atoms with van der Waals surface area (Å²) in [5.41, 5.74) is 1.37. The number of hydrogen-bond donors (Lipinski definition) is 1. The highest BCUT2D eigenvalue weighted by Crippen LogP contribution is 2.30. The van der Waals surface area contributed by atoms with Gasteiger partial charge in [0.1, 0.15) is 0 Å². The average Bonchev–Trinajstić information content (AvgIpc) is 2.75. The Balaban J connectivity index is 1.98. The number of thiocarbonyl (C=S) groups is 1. The lowest BCUT2D eigenvalue weighted by Gasteiger charge is -2.33. The molecule has 22 heavy (non-hydrogen) atoms. The fourth-order valence-electron chi connectivity index (χ4n) is 3.17. The smallest absolute Gasteiger partial charge is 0.169 e. The minimum Gasteiger partial charge on any atom is -0.363 e. The van der Waals surface area contributed by atoms with Crippen LogP contribution in [-0.4, -0.2) is 53.2 Å². The molecule has 2 rings (SSSR count). The summed E-state index contributed by atoms with van der Waals surface area (Å²) in [4.78, 5) is 4.62. The standard InChI is InChI=1S/C17H30N4S/c1-19(2)12-8-11-18-17(22)21-14-6-4-5-9-16(21)15-10-7-13-20(15)3/h7,10,13,16H,4-6,8-9,11-12,14H2,1-3H3,(H,18,22)/t16-/m0/s1. The number of rotatable bonds is 5. The van der Waals surface area contributed by atoms with E-state index in [0.717, 1.165) is 31.2 Å². The predicted octanol–water partition coefficient (Wildman–Crippen LogP) is 2.77. The summed E-state index contributed by atoms with van der Waals surface area (Å²) in [6, 6.07) is 4.78. The lowest BCUT2D eigenvalue weighted by molar-refractivity contribution is 0.305. The summed E-state index contributed by atoms with van der Waals surface area (Å²) < 4.78 is 2.23. The van der Waals surface area contributed by atoms with Crippen molar-refractivity contribution in [3.05, 3.63) is 24.0 Å². The summed E-state index contributed by atoms with van der Waals surface area (Å²) in [5, 5.41) is 4.39. The third kappa shape index (κ3) is 4.71. The van der Waals surface area contributed by atoms with Gasteiger partial charge in [-0.1, -0.05) is 12.8 Å². The van der Waals surface area contributed by atoms with Gasteiger partial charge in [-0.3, -0.25) is 0 Å². The molecule has 5 heteroatoms. The molecule has 1 aliphatic heterocycles. The van der Waals surface area contributed by atoms with Crippen molar-refractivity contribution in [3.8, 4) is 0 Å². The van der Waals surface area contributed by atoms with E-state index in [1.807, 2.05) is 0 Å². The third-order valence-electron chi connectivity index (χ3n) is 4.40. The van der Waals surface area contributed by atoms with Gasteiger partial charge < -0.3 is 19.7 Å². The second-order valence-corrected chi connectivity index (χ2v) is 6.88. The van der Waals surface area contributed by atoms with Gasteiger partial charge in [-0.25, -0.2) is 0 Å². The molecule has 0 bridgehead atoms. The van der Waals surface area contributed by atoms with Crippen LogP contribution in [0, 0.1) is 0 Å². The van der Waals surface area contributed by atoms with Crippen LogP contribution < -0.4 is 5.32 Å². The third-order valence-corrected chi connectivity index (χ3v) is 4.78. The van der Waals surface area contributed by atoms with Gasteiger partial charge >= 0.3 is 0 Å². The summed E-state index contributed by atoms with van der Waals surface area (Å²) in [6.07, 6.45) is 8.27. The number of aromatic nitrogens is 1. The van der Waals surface area contributed by atoms with E-state index >= 15 is 0 Å². The Bertz CT molecular complexity index is 469. The van der Waals surface area contributed by atoms with Crippen LogP contribution in [0.5, 0.6) is 0 Å². The number of nitrogens with zero attached hydrogens (tertiary/aromatic N) is 3. The maximum Gasteiger partial charge on any atom is 0.169 e. The molecule has 1 aliphatic rings. The van der Waals surface area contributed by atoms with Gasteiger partial charge in [-0.2, -0.15) is 0 Å². The van der Waals surface area contributed by atoms with Crippen LogP contribution in [0.3, 0.4) is 0 Å². The molecule has 2 heterocycles. The minimum absolute atomic E-state index is 0.413. The molecule has 1 aromatic rings. The summed E-state index contributed by atoms with van der Waals surface area (Å²) >= 11 is 5.70. The molecule has 0 radical (unpaired) electrons. The molecule has 0 saturated carbocycles. The Morgan fingerprint density at radius 1 is 1.36 bits per heavy atom. The van der Waals surface area contributed by atoms with Crippen molar-refractivity contribution < 1.29 is 0 Å². The first-order chi connectivity index (χ1) is 10.6. The van der Waals surface area contributed by atoms with Crippen LogP contribution in [-0.2, 0) is 7.05 Å². The van der Waals surface area contributed by atoms with Gasteiger partial charge in [0.05, 0.1) is 6.04 Å². The van der Waals surface area contributed by atoms with E-state index in [1.165, 1.54) is 31.4 Å². The van der Waals surface area contributed by atoms with Gasteiger partial charge in [-0.05, 0) is 64.3 Å². The minimum atomic E-state index is 0.413. The molecule has 0 spiro atoms. The molecular formula is C17H30N4S. The van der Waals surface area contributed by atoms with Crippen molar-refractivity contribution in [3.63, 3.8) is 0 Å². The van der Waals surface area contributed by atoms with E-state index in [-0.39, 0.29) is 0 Å². The molecule has 1 fully saturated rings. The molecule has 1 N–H and O–H groups in total. The van der Waals surface area contributed by atoms with Crippen molar-refractivity contribution in [2.45, 2.75) is 38.1 Å². The zero-order valence-electron chi connectivity index (χ0n) is 14.2. The number of nitrogens with one attached hydrogen (secondary N) is 1. The van der Waals surface area contributed by atoms with E-state index in [0.29, 0.717) is 6.04 Å². The van der Waals surface area contributed by atoms with Crippen LogP contribution in [0.2, 0.25) is 0 Å². The molecule has 0 unspecified atom stereocenters. The average molecular weight is 323 g/mol. The zero-order chi connectivity index (χ0) is 15.9. The molecule has 4 nitrogen and oxygen atoms in total. The van der Waals surface area contributed by atoms with Crippen LogP contribution in [0.25, 0.3) is 0 Å². The van der Waals surface area contributed by atoms with Crippen molar-refractivity contribution in [2.24, 2.45) is 7.05 Å². The zero-order valence-corrected chi connectivity index (χ0v) is 15.0. The number of aryl methyl sites for hydroxylation is 1. The van der Waals surface area contributed by atoms with Crippen LogP contribution >= 0.6 is 12.2 Å². The molecule has 1 saturated heterocycles. The number of hydrogen-bond acceptors (Lipinski definition) is 2. The van der Waals surface area contributed by atoms with Crippen LogP contribution in [0.4, 0.5) is 0 Å². The fourth-order valence-corrected chi connectivity index (χ4v) is 3.49. The highest BCUT2D eigenvalue weighted by molar-refractivity contribution is 7.80. The summed E-state index contributed by atoms with van der Waals surface area (Å²) in [6.45, 7) is 3.11. The first-order valence-electron chi connectivity index (χ1n) is 8.40. The van der Waals surface area contributed by atoms with Crippen molar-refractivity contribution in [1.82, 2.24) is 19.7 Å². The Labute approximate surface area is 140 Å². The highest BCUT2D eigenvalue weighted by Gasteiger charge is 2.25. The molecule has 1 atom stereocenters. The largest absolute Gasteiger partial charge is 0.363 e. The van der Waals surface area contributed by atoms with E-state index in [9.17, 15) is 0 Å². The molecule has 0 amide bonds. The van der Waals surface area contributed by atoms with Crippen LogP contribution in [0.15, 0.2) is 18.3 Å². The predicted molar refractivity (Wildman–Crippen MR) is 97.1 cm³/mol. The van der Waals surface area contributed by atoms with Gasteiger partial charge in [0, 0.05) is 32.0 Å². The molecule has 124 valence electrons. The lowest BCUT2D eigenvalue weighted by atomic mass is 10.1. The Morgan fingerprint density at radius 2 is 2.18 bits per heavy atom. The first-order valence-corrected chi connectivity index (χ1v) is 8.81. The van der Waals surface area contributed by atoms with Gasteiger partial charge in [0.2, 0.25) is 0 Å². The van der Waals surface area contributed by atoms with Crippen LogP contribution in [0.1, 0.15) is 43.8 Å². The second kappa shape index (κ2) is 8.53. The molecule has 1 aromatic heterocycles. The quantitative estimate of drug-likeness (QED) is 0.665. The van der Waals surface area contributed by atoms with E-state index < -0.39 is 0 Å². The monoisotopic (exact) mass is 322 g/mol. The Morgan fingerprint density at radius 3 is 2.86 bits per heavy atom. The van der Waals surface area contributed by atoms with Gasteiger partial charge in [0.15, 0.2) is 5.11 Å². The van der Waals surface area contributed by atoms with E-state index in [1.54, 1.807) is 0 Å². The summed E-state index contributed by atoms with van der Waals surface area (Å²) in [7, 11) is 6.35. The van der Waals surface area contributed by atoms with Crippen molar-refractivity contribution in [2.75, 3.05) is 33.7 Å². The highest BCUT2D eigenvalue weighted by atomic mass is 32.1. The Hall–Kier alpha value is -1.07. The fraction of sp³-hybridized carbons (Fsp3) is 0.706. The van der Waals surface area contributed by atoms with Gasteiger partial charge in [0.25, 0.3) is 0 Å². The van der Waals surface area contributed by atoms with Crippen molar-refractivity contribution >= 4 is 17.3 Å². The normalized spacial score (nSPS) is 19.3. The number of likely N-dealkylation sites (tertiary alicyclic amines) is 1. The maximum absolute atomic E-state index is 5.70. The lowest BCUT2D eigenvalue weighted by Crippen LogP contribution is -2.43. The van der Waals surface area contributed by atoms with Crippen molar-refractivity contribution in [1.29, 1.82) is 0 Å². The topological polar surface area (TPSA) is 23.4 Å². The molecule has 0 aliphatic carbocycles. The van der Waals surface area contributed by atoms with E-state index in [2.05, 4.69) is 59.2 Å². The van der Waals surface area contributed by atoms with Gasteiger partial charge in [-0.15, -0.1) is 0 Å². The first kappa shape index (κ1) is 17.3. The maximum atomic E-state index is 5.70. The SMILES string of the molecule is CN(C)CCCNC(=S)N1CCCCC[C@H]1c1cccn1C. The summed E-state index contributed by atoms with van der Waals surface area (Å²) in [5.74, 6) is 0. The Kier molecular flexibility index (Phi) is 6.70.